The summed E-state index contributed by atoms with van der Waals surface area (Å²) in [4.78, 5) is 0. The second kappa shape index (κ2) is 7.32. The number of nitrogens with one attached hydrogen (secondary N) is 2. The molecule has 1 atom stereocenters. The second-order valence-electron chi connectivity index (χ2n) is 6.76. The second-order valence-corrected chi connectivity index (χ2v) is 10.5. The predicted molar refractivity (Wildman–Crippen MR) is 104 cm³/mol. The van der Waals surface area contributed by atoms with Gasteiger partial charge in [0, 0.05) is 18.7 Å². The van der Waals surface area contributed by atoms with E-state index >= 15 is 0 Å². The van der Waals surface area contributed by atoms with Crippen molar-refractivity contribution in [2.45, 2.75) is 51.8 Å². The summed E-state index contributed by atoms with van der Waals surface area (Å²) in [5.74, 6) is 2.00. The molecule has 1 aromatic rings. The smallest absolute Gasteiger partial charge is 0.180 e. The molecular formula is C18H25Cl2N2OP. The maximum absolute atomic E-state index is 6.67. The largest absolute Gasteiger partial charge is 0.475 e. The molecule has 1 heterocycles. The molecule has 24 heavy (non-hydrogen) atoms. The van der Waals surface area contributed by atoms with Gasteiger partial charge in [0.25, 0.3) is 0 Å². The van der Waals surface area contributed by atoms with Crippen LogP contribution in [0.15, 0.2) is 23.5 Å². The Morgan fingerprint density at radius 1 is 1.04 bits per heavy atom. The average molecular weight is 387 g/mol. The lowest BCUT2D eigenvalue weighted by atomic mass is 9.90. The zero-order chi connectivity index (χ0) is 17.3. The van der Waals surface area contributed by atoms with Crippen molar-refractivity contribution in [2.24, 2.45) is 0 Å². The van der Waals surface area contributed by atoms with Gasteiger partial charge in [-0.25, -0.2) is 0 Å². The third kappa shape index (κ3) is 3.36. The van der Waals surface area contributed by atoms with Crippen LogP contribution in [0.3, 0.4) is 0 Å². The molecule has 2 fully saturated rings. The van der Waals surface area contributed by atoms with Crippen LogP contribution in [0.25, 0.3) is 0 Å². The molecule has 0 radical (unpaired) electrons. The van der Waals surface area contributed by atoms with Crippen molar-refractivity contribution in [2.75, 3.05) is 13.1 Å². The fourth-order valence-corrected chi connectivity index (χ4v) is 6.06. The van der Waals surface area contributed by atoms with E-state index < -0.39 is 12.0 Å². The molecule has 3 rings (SSSR count). The highest BCUT2D eigenvalue weighted by atomic mass is 35.9. The van der Waals surface area contributed by atoms with Gasteiger partial charge in [-0.3, -0.25) is 0 Å². The highest BCUT2D eigenvalue weighted by Crippen LogP contribution is 2.66. The van der Waals surface area contributed by atoms with E-state index in [1.165, 1.54) is 11.1 Å². The highest BCUT2D eigenvalue weighted by molar-refractivity contribution is 8.04. The zero-order valence-electron chi connectivity index (χ0n) is 14.5. The summed E-state index contributed by atoms with van der Waals surface area (Å²) in [5.41, 5.74) is 4.73. The molecule has 0 bridgehead atoms. The van der Waals surface area contributed by atoms with E-state index in [1.807, 2.05) is 0 Å². The van der Waals surface area contributed by atoms with Gasteiger partial charge in [0.15, 0.2) is 5.34 Å². The molecule has 1 aliphatic heterocycles. The van der Waals surface area contributed by atoms with Crippen molar-refractivity contribution in [3.8, 4) is 5.75 Å². The Labute approximate surface area is 155 Å². The van der Waals surface area contributed by atoms with E-state index in [9.17, 15) is 0 Å². The quantitative estimate of drug-likeness (QED) is 0.677. The standard InChI is InChI=1S/C18H25Cl2N2OP/c1-12-10-13(2)16(14(3)11-12)23-18(24(19)20)7-5-4-6-15(18)17-21-8-9-22-17/h10-11,21-22H,4-9H2,1-3H3. The average Bonchev–Trinajstić information content (AvgIpc) is 3.05. The lowest BCUT2D eigenvalue weighted by molar-refractivity contribution is 0.162. The Morgan fingerprint density at radius 2 is 1.67 bits per heavy atom. The molecule has 1 aromatic carbocycles. The first-order valence-corrected chi connectivity index (χ1v) is 11.7. The Kier molecular flexibility index (Phi) is 5.54. The van der Waals surface area contributed by atoms with Crippen LogP contribution < -0.4 is 15.4 Å². The zero-order valence-corrected chi connectivity index (χ0v) is 16.9. The van der Waals surface area contributed by atoms with Crippen molar-refractivity contribution in [1.82, 2.24) is 10.6 Å². The number of benzene rings is 1. The van der Waals surface area contributed by atoms with Gasteiger partial charge >= 0.3 is 0 Å². The van der Waals surface area contributed by atoms with Gasteiger partial charge in [-0.15, -0.1) is 0 Å². The summed E-state index contributed by atoms with van der Waals surface area (Å²) in [6, 6.07) is 4.31. The molecule has 0 aromatic heterocycles. The Hall–Kier alpha value is -0.630. The minimum Gasteiger partial charge on any atom is -0.475 e. The molecule has 2 aliphatic rings. The third-order valence-corrected chi connectivity index (χ3v) is 7.61. The van der Waals surface area contributed by atoms with E-state index in [4.69, 9.17) is 27.2 Å². The summed E-state index contributed by atoms with van der Waals surface area (Å²) in [7, 11) is 0. The van der Waals surface area contributed by atoms with E-state index in [0.29, 0.717) is 0 Å². The van der Waals surface area contributed by atoms with Gasteiger partial charge in [-0.1, -0.05) is 40.2 Å². The minimum atomic E-state index is -1.33. The van der Waals surface area contributed by atoms with Gasteiger partial charge in [0.05, 0.1) is 0 Å². The van der Waals surface area contributed by atoms with Crippen molar-refractivity contribution >= 4 is 29.1 Å². The van der Waals surface area contributed by atoms with Gasteiger partial charge < -0.3 is 15.4 Å². The molecule has 0 amide bonds. The van der Waals surface area contributed by atoms with Crippen molar-refractivity contribution in [3.05, 3.63) is 40.2 Å². The molecule has 6 heteroatoms. The summed E-state index contributed by atoms with van der Waals surface area (Å²) in [6.45, 7) is 6.82. The fourth-order valence-electron chi connectivity index (χ4n) is 3.81. The van der Waals surface area contributed by atoms with E-state index in [2.05, 4.69) is 43.5 Å². The van der Waals surface area contributed by atoms with Crippen LogP contribution in [-0.4, -0.2) is 18.4 Å². The first kappa shape index (κ1) is 18.2. The number of rotatable bonds is 3. The molecular weight excluding hydrogens is 362 g/mol. The Bertz CT molecular complexity index is 631. The fraction of sp³-hybridized carbons (Fsp3) is 0.556. The molecule has 0 spiro atoms. The summed E-state index contributed by atoms with van der Waals surface area (Å²) >= 11 is 13.2. The monoisotopic (exact) mass is 386 g/mol. The van der Waals surface area contributed by atoms with Crippen LogP contribution in [0, 0.1) is 20.8 Å². The van der Waals surface area contributed by atoms with Gasteiger partial charge in [0.1, 0.15) is 18.2 Å². The SMILES string of the molecule is Cc1cc(C)c(OC2(P(Cl)Cl)CCCCC2=C2NCCN2)c(C)c1. The van der Waals surface area contributed by atoms with Gasteiger partial charge in [-0.2, -0.15) is 0 Å². The lowest BCUT2D eigenvalue weighted by Gasteiger charge is -2.41. The molecule has 2 N–H and O–H groups in total. The van der Waals surface area contributed by atoms with Crippen molar-refractivity contribution in [3.63, 3.8) is 0 Å². The maximum Gasteiger partial charge on any atom is 0.180 e. The third-order valence-electron chi connectivity index (χ3n) is 4.84. The van der Waals surface area contributed by atoms with Crippen LogP contribution in [0.4, 0.5) is 0 Å². The van der Waals surface area contributed by atoms with E-state index in [0.717, 1.165) is 61.5 Å². The summed E-state index contributed by atoms with van der Waals surface area (Å²) in [5, 5.41) is 6.27. The van der Waals surface area contributed by atoms with Crippen LogP contribution in [0.1, 0.15) is 42.4 Å². The number of hydrogen-bond acceptors (Lipinski definition) is 3. The van der Waals surface area contributed by atoms with Crippen molar-refractivity contribution in [1.29, 1.82) is 0 Å². The Balaban J connectivity index is 2.06. The van der Waals surface area contributed by atoms with E-state index in [1.54, 1.807) is 0 Å². The predicted octanol–water partition coefficient (Wildman–Crippen LogP) is 5.45. The van der Waals surface area contributed by atoms with Gasteiger partial charge in [0.2, 0.25) is 0 Å². The topological polar surface area (TPSA) is 33.3 Å². The molecule has 132 valence electrons. The Morgan fingerprint density at radius 3 is 2.25 bits per heavy atom. The molecule has 1 saturated heterocycles. The van der Waals surface area contributed by atoms with Gasteiger partial charge in [-0.05, 0) is 57.6 Å². The minimum absolute atomic E-state index is 0.610. The molecule has 1 aliphatic carbocycles. The number of ether oxygens (including phenoxy) is 1. The number of halogens is 2. The van der Waals surface area contributed by atoms with E-state index in [-0.39, 0.29) is 0 Å². The van der Waals surface area contributed by atoms with Crippen molar-refractivity contribution < 1.29 is 4.74 Å². The van der Waals surface area contributed by atoms with Crippen LogP contribution in [0.5, 0.6) is 5.75 Å². The molecule has 1 unspecified atom stereocenters. The first-order valence-electron chi connectivity index (χ1n) is 8.54. The number of aryl methyl sites for hydroxylation is 3. The van der Waals surface area contributed by atoms with Crippen LogP contribution in [-0.2, 0) is 0 Å². The maximum atomic E-state index is 6.67. The molecule has 3 nitrogen and oxygen atoms in total. The van der Waals surface area contributed by atoms with Crippen LogP contribution >= 0.6 is 29.1 Å². The summed E-state index contributed by atoms with van der Waals surface area (Å²) in [6.07, 6.45) is 4.06. The molecule has 1 saturated carbocycles. The number of hydrogen-bond donors (Lipinski definition) is 2. The highest BCUT2D eigenvalue weighted by Gasteiger charge is 2.47. The first-order chi connectivity index (χ1) is 11.4. The lowest BCUT2D eigenvalue weighted by Crippen LogP contribution is -2.40. The summed E-state index contributed by atoms with van der Waals surface area (Å²) < 4.78 is 6.67. The van der Waals surface area contributed by atoms with Crippen LogP contribution in [0.2, 0.25) is 0 Å². The normalized spacial score (nSPS) is 24.1.